The normalized spacial score (nSPS) is 12.1. The number of H-pyrrole nitrogens is 2. The summed E-state index contributed by atoms with van der Waals surface area (Å²) in [6, 6.07) is 19.9. The topological polar surface area (TPSA) is 154 Å². The van der Waals surface area contributed by atoms with Gasteiger partial charge in [0, 0.05) is 43.8 Å². The van der Waals surface area contributed by atoms with Crippen LogP contribution in [-0.2, 0) is 52.1 Å². The van der Waals surface area contributed by atoms with Gasteiger partial charge in [-0.3, -0.25) is 4.57 Å². The second-order valence-corrected chi connectivity index (χ2v) is 23.7. The lowest BCUT2D eigenvalue weighted by Gasteiger charge is -2.22. The van der Waals surface area contributed by atoms with E-state index in [2.05, 4.69) is 94.5 Å². The van der Waals surface area contributed by atoms with E-state index in [1.54, 1.807) is 13.8 Å². The predicted octanol–water partition coefficient (Wildman–Crippen LogP) is 18.4. The second-order valence-electron chi connectivity index (χ2n) is 21.6. The minimum atomic E-state index is -3.77. The Morgan fingerprint density at radius 3 is 1.08 bits per heavy atom. The summed E-state index contributed by atoms with van der Waals surface area (Å²) in [7, 11) is -3.77. The minimum Gasteiger partial charge on any atom is -0.456 e. The van der Waals surface area contributed by atoms with E-state index in [1.807, 2.05) is 32.0 Å². The molecule has 0 spiro atoms. The van der Waals surface area contributed by atoms with E-state index in [1.165, 1.54) is 33.4 Å². The smallest absolute Gasteiger partial charge is 0.364 e. The maximum absolute atomic E-state index is 14.1. The zero-order valence-corrected chi connectivity index (χ0v) is 49.7. The molecule has 0 saturated heterocycles. The summed E-state index contributed by atoms with van der Waals surface area (Å²) in [5.41, 5.74) is 15.0. The fourth-order valence-electron chi connectivity index (χ4n) is 11.1. The molecule has 13 heteroatoms. The maximum Gasteiger partial charge on any atom is 0.364 e. The number of aromatic nitrogens is 8. The molecule has 8 bridgehead atoms. The van der Waals surface area contributed by atoms with E-state index in [9.17, 15) is 4.57 Å². The van der Waals surface area contributed by atoms with Crippen LogP contribution in [0.4, 0.5) is 0 Å². The SMILES string of the molecule is C=C(C(Oc1ccc2c(c1)-c1nc-2nc2[nH]c(nc3nc(nc4[nH]c(n1)c1cc(CCCC)c(CCCC)cc41)-c1cc(CCCC)c(CCCC)cc1-3)c1cc(CCCC)c(CCCC)cc21)=C(C)C)P(=O)(OCC)OCC. The molecule has 5 heterocycles. The third kappa shape index (κ3) is 12.2. The lowest BCUT2D eigenvalue weighted by atomic mass is 9.92. The van der Waals surface area contributed by atoms with Crippen LogP contribution in [0.2, 0.25) is 0 Å². The third-order valence-electron chi connectivity index (χ3n) is 15.4. The van der Waals surface area contributed by atoms with Gasteiger partial charge in [-0.2, -0.15) is 0 Å². The van der Waals surface area contributed by atoms with Gasteiger partial charge in [0.25, 0.3) is 0 Å². The van der Waals surface area contributed by atoms with Crippen LogP contribution in [0.3, 0.4) is 0 Å². The number of nitrogens with zero attached hydrogens (tertiary/aromatic N) is 6. The molecule has 9 rings (SSSR count). The number of aromatic amines is 2. The molecular weight excluding hydrogens is 1000 g/mol. The average molecular weight is 1080 g/mol. The molecular formula is C66H83N8O4P. The molecule has 0 unspecified atom stereocenters. The molecule has 0 amide bonds. The van der Waals surface area contributed by atoms with Crippen molar-refractivity contribution >= 4 is 51.7 Å². The monoisotopic (exact) mass is 1080 g/mol. The minimum absolute atomic E-state index is 0.158. The van der Waals surface area contributed by atoms with Gasteiger partial charge < -0.3 is 23.8 Å². The molecule has 2 aliphatic heterocycles. The Morgan fingerprint density at radius 1 is 0.443 bits per heavy atom. The maximum atomic E-state index is 14.1. The van der Waals surface area contributed by atoms with Gasteiger partial charge in [0.1, 0.15) is 34.1 Å². The van der Waals surface area contributed by atoms with Gasteiger partial charge in [-0.1, -0.05) is 86.6 Å². The Kier molecular flexibility index (Phi) is 18.8. The fraction of sp³-hybridized carbons (Fsp3) is 0.455. The van der Waals surface area contributed by atoms with Crippen molar-refractivity contribution in [3.8, 4) is 51.3 Å². The van der Waals surface area contributed by atoms with Gasteiger partial charge in [-0.15, -0.1) is 0 Å². The molecule has 0 fully saturated rings. The molecule has 2 aliphatic rings. The highest BCUT2D eigenvalue weighted by molar-refractivity contribution is 7.58. The fourth-order valence-corrected chi connectivity index (χ4v) is 12.6. The third-order valence-corrected chi connectivity index (χ3v) is 17.5. The number of aryl methyl sites for hydroxylation is 6. The van der Waals surface area contributed by atoms with Crippen LogP contribution in [0.5, 0.6) is 5.75 Å². The van der Waals surface area contributed by atoms with Crippen LogP contribution in [0, 0.1) is 0 Å². The van der Waals surface area contributed by atoms with E-state index in [4.69, 9.17) is 43.7 Å². The van der Waals surface area contributed by atoms with Gasteiger partial charge in [0.15, 0.2) is 23.3 Å². The molecule has 0 aliphatic carbocycles. The van der Waals surface area contributed by atoms with E-state index in [0.29, 0.717) is 57.4 Å². The quantitative estimate of drug-likeness (QED) is 0.0304. The number of ether oxygens (including phenoxy) is 1. The van der Waals surface area contributed by atoms with Crippen molar-refractivity contribution in [2.24, 2.45) is 0 Å². The number of hydrogen-bond acceptors (Lipinski definition) is 10. The van der Waals surface area contributed by atoms with Crippen molar-refractivity contribution in [3.05, 3.63) is 111 Å². The molecule has 12 nitrogen and oxygen atoms in total. The van der Waals surface area contributed by atoms with E-state index in [-0.39, 0.29) is 18.5 Å². The lowest BCUT2D eigenvalue weighted by Crippen LogP contribution is -2.06. The second kappa shape index (κ2) is 25.9. The van der Waals surface area contributed by atoms with E-state index in [0.717, 1.165) is 165 Å². The first-order valence-electron chi connectivity index (χ1n) is 29.8. The van der Waals surface area contributed by atoms with Gasteiger partial charge in [0.2, 0.25) is 0 Å². The van der Waals surface area contributed by atoms with Crippen molar-refractivity contribution in [2.75, 3.05) is 13.2 Å². The summed E-state index contributed by atoms with van der Waals surface area (Å²) in [5, 5.41) is 4.08. The van der Waals surface area contributed by atoms with Crippen molar-refractivity contribution in [1.29, 1.82) is 0 Å². The standard InChI is InChI=1S/C66H83N8O4P/c1-12-20-26-43-34-51-52(35-44(43)27-21-13-2)61-69-60(51)67-59-50-33-32-49(78-58(41(9)10)42(11)79(75,76-18-7)77-19-8)40-57(50)66(68-59)74-65-56-39-48(31-25-17-6)47(30-24-16-5)38-55(56)64(73-65)72-63-54-37-46(29-23-15-4)45(28-22-14-3)36-53(54)62(70-61)71-63/h32-40H,11-31H2,1-10H3,(H2,67,68,69,70,71,72,73,74). The van der Waals surface area contributed by atoms with Crippen LogP contribution in [0.1, 0.15) is 180 Å². The Labute approximate surface area is 468 Å². The van der Waals surface area contributed by atoms with Gasteiger partial charge in [-0.25, -0.2) is 29.9 Å². The first-order valence-corrected chi connectivity index (χ1v) is 31.3. The highest BCUT2D eigenvalue weighted by atomic mass is 31.2. The molecule has 2 N–H and O–H groups in total. The van der Waals surface area contributed by atoms with Gasteiger partial charge >= 0.3 is 7.60 Å². The number of fused-ring (bicyclic) bond motifs is 20. The van der Waals surface area contributed by atoms with Crippen molar-refractivity contribution in [2.45, 2.75) is 185 Å². The van der Waals surface area contributed by atoms with Gasteiger partial charge in [0.05, 0.1) is 18.5 Å². The van der Waals surface area contributed by atoms with Crippen molar-refractivity contribution in [3.63, 3.8) is 0 Å². The number of nitrogens with one attached hydrogen (secondary N) is 2. The zero-order valence-electron chi connectivity index (χ0n) is 48.8. The van der Waals surface area contributed by atoms with E-state index >= 15 is 0 Å². The number of allylic oxidation sites excluding steroid dienone is 2. The largest absolute Gasteiger partial charge is 0.456 e. The van der Waals surface area contributed by atoms with Crippen LogP contribution in [-0.4, -0.2) is 53.1 Å². The van der Waals surface area contributed by atoms with Crippen LogP contribution >= 0.6 is 7.60 Å². The number of rotatable bonds is 26. The lowest BCUT2D eigenvalue weighted by molar-refractivity contribution is 0.225. The highest BCUT2D eigenvalue weighted by Gasteiger charge is 2.33. The Bertz CT molecular complexity index is 3630. The number of hydrogen-bond donors (Lipinski definition) is 2. The molecule has 7 aromatic rings. The zero-order chi connectivity index (χ0) is 55.8. The summed E-state index contributed by atoms with van der Waals surface area (Å²) < 4.78 is 32.3. The summed E-state index contributed by atoms with van der Waals surface area (Å²) >= 11 is 0. The summed E-state index contributed by atoms with van der Waals surface area (Å²) in [4.78, 5) is 40.5. The Hall–Kier alpha value is -6.33. The molecule has 0 radical (unpaired) electrons. The highest BCUT2D eigenvalue weighted by Crippen LogP contribution is 2.58. The van der Waals surface area contributed by atoms with E-state index < -0.39 is 7.60 Å². The molecule has 0 atom stereocenters. The average Bonchev–Trinajstić information content (AvgIpc) is 4.19. The first-order chi connectivity index (χ1) is 38.4. The number of benzene rings is 4. The molecule has 0 saturated carbocycles. The van der Waals surface area contributed by atoms with Gasteiger partial charge in [-0.05, 0) is 198 Å². The predicted molar refractivity (Wildman–Crippen MR) is 327 cm³/mol. The first kappa shape index (κ1) is 57.4. The molecule has 4 aromatic carbocycles. The summed E-state index contributed by atoms with van der Waals surface area (Å²) in [5.74, 6) is 3.03. The van der Waals surface area contributed by atoms with Crippen molar-refractivity contribution in [1.82, 2.24) is 39.9 Å². The summed E-state index contributed by atoms with van der Waals surface area (Å²) in [6.07, 6.45) is 19.1. The Morgan fingerprint density at radius 2 is 0.759 bits per heavy atom. The van der Waals surface area contributed by atoms with Crippen LogP contribution in [0.15, 0.2) is 77.8 Å². The van der Waals surface area contributed by atoms with Crippen molar-refractivity contribution < 1.29 is 18.3 Å². The van der Waals surface area contributed by atoms with Crippen LogP contribution in [0.25, 0.3) is 89.7 Å². The molecule has 79 heavy (non-hydrogen) atoms. The summed E-state index contributed by atoms with van der Waals surface area (Å²) in [6.45, 7) is 25.5. The Balaban J connectivity index is 1.40. The molecule has 3 aromatic heterocycles. The number of unbranched alkanes of at least 4 members (excludes halogenated alkanes) is 6. The molecule has 416 valence electrons. The van der Waals surface area contributed by atoms with Crippen LogP contribution < -0.4 is 4.74 Å².